The Hall–Kier alpha value is -0.860. The molecule has 1 aromatic carbocycles. The zero-order valence-electron chi connectivity index (χ0n) is 12.7. The van der Waals surface area contributed by atoms with E-state index in [1.807, 2.05) is 6.92 Å². The number of methoxy groups -OCH3 is 1. The lowest BCUT2D eigenvalue weighted by Gasteiger charge is -2.34. The Morgan fingerprint density at radius 1 is 1.00 bits per heavy atom. The number of aliphatic hydroxyl groups excluding tert-OH is 1. The van der Waals surface area contributed by atoms with Crippen molar-refractivity contribution in [1.29, 1.82) is 0 Å². The molecule has 2 nitrogen and oxygen atoms in total. The lowest BCUT2D eigenvalue weighted by Crippen LogP contribution is -2.34. The van der Waals surface area contributed by atoms with Gasteiger partial charge in [0, 0.05) is 7.11 Å². The second-order valence-electron chi connectivity index (χ2n) is 6.26. The number of benzene rings is 1. The monoisotopic (exact) mass is 250 g/mol. The number of aryl methyl sites for hydroxylation is 3. The first-order valence-electron chi connectivity index (χ1n) is 6.47. The molecule has 0 aromatic heterocycles. The molecule has 1 aromatic rings. The van der Waals surface area contributed by atoms with E-state index in [1.54, 1.807) is 7.11 Å². The van der Waals surface area contributed by atoms with Gasteiger partial charge in [0.05, 0.1) is 6.10 Å². The summed E-state index contributed by atoms with van der Waals surface area (Å²) in [6.45, 7) is 12.5. The number of aliphatic hydroxyl groups is 1. The zero-order valence-corrected chi connectivity index (χ0v) is 12.7. The zero-order chi connectivity index (χ0) is 14.1. The average molecular weight is 250 g/mol. The maximum atomic E-state index is 10.6. The summed E-state index contributed by atoms with van der Waals surface area (Å²) in [5, 5.41) is 10.6. The molecule has 102 valence electrons. The second-order valence-corrected chi connectivity index (χ2v) is 6.26. The van der Waals surface area contributed by atoms with E-state index in [9.17, 15) is 5.11 Å². The van der Waals surface area contributed by atoms with Crippen molar-refractivity contribution in [3.05, 3.63) is 34.4 Å². The fourth-order valence-electron chi connectivity index (χ4n) is 2.42. The summed E-state index contributed by atoms with van der Waals surface area (Å²) in [4.78, 5) is 0. The largest absolute Gasteiger partial charge is 0.386 e. The summed E-state index contributed by atoms with van der Waals surface area (Å²) < 4.78 is 5.51. The van der Waals surface area contributed by atoms with Crippen LogP contribution in [0.3, 0.4) is 0 Å². The van der Waals surface area contributed by atoms with Gasteiger partial charge in [0.25, 0.3) is 0 Å². The van der Waals surface area contributed by atoms with Gasteiger partial charge in [-0.15, -0.1) is 0 Å². The third kappa shape index (κ3) is 3.12. The summed E-state index contributed by atoms with van der Waals surface area (Å²) in [6, 6.07) is 4.20. The SMILES string of the molecule is COC(C(O)c1cc(C)c(C)cc1C)C(C)(C)C. The van der Waals surface area contributed by atoms with Crippen molar-refractivity contribution < 1.29 is 9.84 Å². The molecule has 0 fully saturated rings. The van der Waals surface area contributed by atoms with E-state index < -0.39 is 6.10 Å². The Morgan fingerprint density at radius 3 is 1.94 bits per heavy atom. The standard InChI is InChI=1S/C16H26O2/c1-10-8-12(3)13(9-11(10)2)14(17)15(18-7)16(4,5)6/h8-9,14-15,17H,1-7H3. The summed E-state index contributed by atoms with van der Waals surface area (Å²) in [5.74, 6) is 0. The predicted molar refractivity (Wildman–Crippen MR) is 75.9 cm³/mol. The first-order chi connectivity index (χ1) is 8.18. The molecular formula is C16H26O2. The van der Waals surface area contributed by atoms with Crippen LogP contribution in [0, 0.1) is 26.2 Å². The van der Waals surface area contributed by atoms with Crippen LogP contribution in [0.4, 0.5) is 0 Å². The van der Waals surface area contributed by atoms with Crippen LogP contribution in [0.5, 0.6) is 0 Å². The molecule has 0 aliphatic carbocycles. The summed E-state index contributed by atoms with van der Waals surface area (Å²) >= 11 is 0. The van der Waals surface area contributed by atoms with Gasteiger partial charge in [-0.1, -0.05) is 32.9 Å². The highest BCUT2D eigenvalue weighted by Crippen LogP contribution is 2.34. The van der Waals surface area contributed by atoms with Crippen LogP contribution in [0.1, 0.15) is 49.1 Å². The Labute approximate surface area is 111 Å². The Balaban J connectivity index is 3.17. The maximum Gasteiger partial charge on any atom is 0.106 e. The highest BCUT2D eigenvalue weighted by atomic mass is 16.5. The van der Waals surface area contributed by atoms with Gasteiger partial charge in [0.1, 0.15) is 6.10 Å². The number of hydrogen-bond donors (Lipinski definition) is 1. The molecule has 0 heterocycles. The van der Waals surface area contributed by atoms with E-state index in [1.165, 1.54) is 11.1 Å². The van der Waals surface area contributed by atoms with Crippen LogP contribution in [-0.4, -0.2) is 18.3 Å². The molecule has 0 radical (unpaired) electrons. The van der Waals surface area contributed by atoms with Crippen molar-refractivity contribution in [2.24, 2.45) is 5.41 Å². The van der Waals surface area contributed by atoms with Gasteiger partial charge in [0.15, 0.2) is 0 Å². The van der Waals surface area contributed by atoms with E-state index in [4.69, 9.17) is 4.74 Å². The van der Waals surface area contributed by atoms with Gasteiger partial charge >= 0.3 is 0 Å². The molecule has 2 unspecified atom stereocenters. The van der Waals surface area contributed by atoms with Gasteiger partial charge in [-0.3, -0.25) is 0 Å². The van der Waals surface area contributed by atoms with Crippen molar-refractivity contribution in [2.75, 3.05) is 7.11 Å². The topological polar surface area (TPSA) is 29.5 Å². The van der Waals surface area contributed by atoms with Crippen molar-refractivity contribution in [1.82, 2.24) is 0 Å². The molecular weight excluding hydrogens is 224 g/mol. The van der Waals surface area contributed by atoms with Crippen molar-refractivity contribution in [2.45, 2.75) is 53.8 Å². The van der Waals surface area contributed by atoms with Gasteiger partial charge in [-0.2, -0.15) is 0 Å². The number of ether oxygens (including phenoxy) is 1. The molecule has 1 rings (SSSR count). The van der Waals surface area contributed by atoms with Gasteiger partial charge < -0.3 is 9.84 Å². The summed E-state index contributed by atoms with van der Waals surface area (Å²) in [5.41, 5.74) is 4.46. The molecule has 1 N–H and O–H groups in total. The molecule has 0 amide bonds. The first-order valence-corrected chi connectivity index (χ1v) is 6.47. The van der Waals surface area contributed by atoms with Crippen LogP contribution in [0.2, 0.25) is 0 Å². The predicted octanol–water partition coefficient (Wildman–Crippen LogP) is 3.71. The fourth-order valence-corrected chi connectivity index (χ4v) is 2.42. The molecule has 0 aliphatic heterocycles. The van der Waals surface area contributed by atoms with Crippen molar-refractivity contribution >= 4 is 0 Å². The van der Waals surface area contributed by atoms with E-state index in [2.05, 4.69) is 46.8 Å². The van der Waals surface area contributed by atoms with Crippen LogP contribution < -0.4 is 0 Å². The van der Waals surface area contributed by atoms with Crippen molar-refractivity contribution in [3.8, 4) is 0 Å². The van der Waals surface area contributed by atoms with Crippen LogP contribution in [-0.2, 0) is 4.74 Å². The number of rotatable bonds is 3. The van der Waals surface area contributed by atoms with Gasteiger partial charge in [0.2, 0.25) is 0 Å². The highest BCUT2D eigenvalue weighted by molar-refractivity contribution is 5.38. The van der Waals surface area contributed by atoms with Crippen LogP contribution in [0.15, 0.2) is 12.1 Å². The third-order valence-electron chi connectivity index (χ3n) is 3.60. The third-order valence-corrected chi connectivity index (χ3v) is 3.60. The summed E-state index contributed by atoms with van der Waals surface area (Å²) in [7, 11) is 1.66. The Kier molecular flexibility index (Phi) is 4.57. The number of hydrogen-bond acceptors (Lipinski definition) is 2. The smallest absolute Gasteiger partial charge is 0.106 e. The molecule has 18 heavy (non-hydrogen) atoms. The van der Waals surface area contributed by atoms with Crippen molar-refractivity contribution in [3.63, 3.8) is 0 Å². The van der Waals surface area contributed by atoms with Crippen LogP contribution >= 0.6 is 0 Å². The molecule has 0 aliphatic rings. The molecule has 2 atom stereocenters. The normalized spacial score (nSPS) is 15.6. The molecule has 0 saturated carbocycles. The molecule has 0 saturated heterocycles. The van der Waals surface area contributed by atoms with Gasteiger partial charge in [-0.25, -0.2) is 0 Å². The van der Waals surface area contributed by atoms with E-state index >= 15 is 0 Å². The second kappa shape index (κ2) is 5.41. The first kappa shape index (κ1) is 15.2. The minimum atomic E-state index is -0.589. The van der Waals surface area contributed by atoms with Crippen LogP contribution in [0.25, 0.3) is 0 Å². The molecule has 0 spiro atoms. The van der Waals surface area contributed by atoms with E-state index in [0.717, 1.165) is 11.1 Å². The average Bonchev–Trinajstić information content (AvgIpc) is 2.22. The summed E-state index contributed by atoms with van der Waals surface area (Å²) in [6.07, 6.45) is -0.799. The minimum Gasteiger partial charge on any atom is -0.386 e. The Morgan fingerprint density at radius 2 is 1.50 bits per heavy atom. The Bertz CT molecular complexity index is 416. The molecule has 0 bridgehead atoms. The highest BCUT2D eigenvalue weighted by Gasteiger charge is 2.32. The quantitative estimate of drug-likeness (QED) is 0.886. The lowest BCUT2D eigenvalue weighted by molar-refractivity contribution is -0.0726. The van der Waals surface area contributed by atoms with E-state index in [-0.39, 0.29) is 11.5 Å². The lowest BCUT2D eigenvalue weighted by atomic mass is 9.82. The van der Waals surface area contributed by atoms with Gasteiger partial charge in [-0.05, 0) is 48.4 Å². The molecule has 2 heteroatoms. The van der Waals surface area contributed by atoms with E-state index in [0.29, 0.717) is 0 Å². The minimum absolute atomic E-state index is 0.0978. The maximum absolute atomic E-state index is 10.6. The fraction of sp³-hybridized carbons (Fsp3) is 0.625.